The molecule has 2 aromatic carbocycles. The smallest absolute Gasteiger partial charge is 0.344 e. The number of carbonyl (C=O) groups excluding carboxylic acids is 1. The van der Waals surface area contributed by atoms with Crippen LogP contribution in [0.1, 0.15) is 18.1 Å². The van der Waals surface area contributed by atoms with Gasteiger partial charge in [-0.3, -0.25) is 9.69 Å². The minimum Gasteiger partial charge on any atom is -0.493 e. The van der Waals surface area contributed by atoms with Crippen molar-refractivity contribution in [3.8, 4) is 11.5 Å². The second-order valence-electron chi connectivity index (χ2n) is 6.31. The van der Waals surface area contributed by atoms with Crippen molar-refractivity contribution in [2.24, 2.45) is 0 Å². The number of carboxylic acids is 1. The first kappa shape index (κ1) is 20.9. The van der Waals surface area contributed by atoms with Crippen LogP contribution in [0.5, 0.6) is 11.5 Å². The number of hydrogen-bond acceptors (Lipinski definition) is 6. The Balaban J connectivity index is 1.88. The summed E-state index contributed by atoms with van der Waals surface area (Å²) in [6.45, 7) is 3.37. The lowest BCUT2D eigenvalue weighted by Crippen LogP contribution is -2.28. The molecule has 0 bridgehead atoms. The summed E-state index contributed by atoms with van der Waals surface area (Å²) in [5.41, 5.74) is 2.44. The van der Waals surface area contributed by atoms with Crippen LogP contribution in [0.25, 0.3) is 6.08 Å². The van der Waals surface area contributed by atoms with Gasteiger partial charge in [0, 0.05) is 0 Å². The van der Waals surface area contributed by atoms with E-state index >= 15 is 0 Å². The van der Waals surface area contributed by atoms with Gasteiger partial charge in [-0.1, -0.05) is 48.2 Å². The second kappa shape index (κ2) is 8.67. The average Bonchev–Trinajstić information content (AvgIpc) is 2.96. The van der Waals surface area contributed by atoms with Gasteiger partial charge in [0.15, 0.2) is 21.9 Å². The summed E-state index contributed by atoms with van der Waals surface area (Å²) in [6, 6.07) is 12.6. The molecular weight excluding hydrogens is 410 g/mol. The molecule has 1 amide bonds. The molecule has 0 spiro atoms. The van der Waals surface area contributed by atoms with E-state index in [1.54, 1.807) is 24.3 Å². The number of methoxy groups -OCH3 is 1. The molecule has 8 heteroatoms. The molecule has 6 nitrogen and oxygen atoms in total. The van der Waals surface area contributed by atoms with Crippen LogP contribution in [-0.4, -0.2) is 34.5 Å². The average molecular weight is 430 g/mol. The highest BCUT2D eigenvalue weighted by molar-refractivity contribution is 8.27. The van der Waals surface area contributed by atoms with Crippen LogP contribution in [0.3, 0.4) is 0 Å². The summed E-state index contributed by atoms with van der Waals surface area (Å²) >= 11 is 6.65. The zero-order chi connectivity index (χ0) is 21.1. The molecule has 0 aromatic heterocycles. The van der Waals surface area contributed by atoms with Crippen molar-refractivity contribution in [1.29, 1.82) is 0 Å². The van der Waals surface area contributed by atoms with Crippen LogP contribution < -0.4 is 14.4 Å². The van der Waals surface area contributed by atoms with E-state index in [1.807, 2.05) is 31.2 Å². The summed E-state index contributed by atoms with van der Waals surface area (Å²) < 4.78 is 11.2. The SMILES string of the molecule is COc1cc(/C=C2/SC(=S)N(c3ccccc3C)C2=O)ccc1OC(C)C(=O)O. The second-order valence-corrected chi connectivity index (χ2v) is 7.99. The first-order valence-corrected chi connectivity index (χ1v) is 9.95. The molecule has 1 atom stereocenters. The maximum Gasteiger partial charge on any atom is 0.344 e. The molecule has 150 valence electrons. The summed E-state index contributed by atoms with van der Waals surface area (Å²) in [5.74, 6) is -0.572. The van der Waals surface area contributed by atoms with Crippen LogP contribution in [0.4, 0.5) is 5.69 Å². The highest BCUT2D eigenvalue weighted by Gasteiger charge is 2.34. The number of amides is 1. The zero-order valence-corrected chi connectivity index (χ0v) is 17.7. The van der Waals surface area contributed by atoms with Gasteiger partial charge in [-0.2, -0.15) is 0 Å². The van der Waals surface area contributed by atoms with E-state index in [2.05, 4.69) is 0 Å². The third-order valence-electron chi connectivity index (χ3n) is 4.29. The van der Waals surface area contributed by atoms with Crippen molar-refractivity contribution in [2.45, 2.75) is 20.0 Å². The number of hydrogen-bond donors (Lipinski definition) is 1. The van der Waals surface area contributed by atoms with Crippen LogP contribution in [-0.2, 0) is 9.59 Å². The number of anilines is 1. The van der Waals surface area contributed by atoms with Gasteiger partial charge in [0.05, 0.1) is 17.7 Å². The molecule has 1 unspecified atom stereocenters. The molecule has 1 aliphatic heterocycles. The summed E-state index contributed by atoms with van der Waals surface area (Å²) in [5, 5.41) is 9.01. The van der Waals surface area contributed by atoms with Gasteiger partial charge in [0.25, 0.3) is 5.91 Å². The van der Waals surface area contributed by atoms with Gasteiger partial charge in [0.1, 0.15) is 0 Å². The molecule has 29 heavy (non-hydrogen) atoms. The number of nitrogens with zero attached hydrogens (tertiary/aromatic N) is 1. The Morgan fingerprint density at radius 2 is 1.97 bits per heavy atom. The Kier molecular flexibility index (Phi) is 6.24. The number of rotatable bonds is 6. The third-order valence-corrected chi connectivity index (χ3v) is 5.59. The molecule has 1 saturated heterocycles. The van der Waals surface area contributed by atoms with Gasteiger partial charge in [-0.15, -0.1) is 0 Å². The van der Waals surface area contributed by atoms with E-state index in [9.17, 15) is 9.59 Å². The highest BCUT2D eigenvalue weighted by Crippen LogP contribution is 2.38. The van der Waals surface area contributed by atoms with E-state index < -0.39 is 12.1 Å². The summed E-state index contributed by atoms with van der Waals surface area (Å²) in [6.07, 6.45) is 0.713. The molecule has 2 aromatic rings. The molecule has 1 aliphatic rings. The van der Waals surface area contributed by atoms with Crippen LogP contribution >= 0.6 is 24.0 Å². The number of thiocarbonyl (C=S) groups is 1. The molecule has 0 saturated carbocycles. The van der Waals surface area contributed by atoms with Gasteiger partial charge in [-0.25, -0.2) is 4.79 Å². The minimum absolute atomic E-state index is 0.187. The van der Waals surface area contributed by atoms with Gasteiger partial charge in [0.2, 0.25) is 0 Å². The molecule has 3 rings (SSSR count). The van der Waals surface area contributed by atoms with E-state index in [1.165, 1.54) is 30.7 Å². The van der Waals surface area contributed by atoms with E-state index in [0.717, 1.165) is 11.3 Å². The van der Waals surface area contributed by atoms with Crippen molar-refractivity contribution in [3.63, 3.8) is 0 Å². The van der Waals surface area contributed by atoms with Gasteiger partial charge >= 0.3 is 5.97 Å². The summed E-state index contributed by atoms with van der Waals surface area (Å²) in [7, 11) is 1.47. The number of thioether (sulfide) groups is 1. The molecule has 1 heterocycles. The Hall–Kier alpha value is -2.84. The van der Waals surface area contributed by atoms with E-state index in [-0.39, 0.29) is 5.91 Å². The predicted octanol–water partition coefficient (Wildman–Crippen LogP) is 4.26. The molecule has 1 N–H and O–H groups in total. The minimum atomic E-state index is -1.07. The number of aryl methyl sites for hydroxylation is 1. The lowest BCUT2D eigenvalue weighted by Gasteiger charge is -2.16. The predicted molar refractivity (Wildman–Crippen MR) is 118 cm³/mol. The highest BCUT2D eigenvalue weighted by atomic mass is 32.2. The van der Waals surface area contributed by atoms with E-state index in [0.29, 0.717) is 26.3 Å². The topological polar surface area (TPSA) is 76.1 Å². The largest absolute Gasteiger partial charge is 0.493 e. The quantitative estimate of drug-likeness (QED) is 0.543. The first-order chi connectivity index (χ1) is 13.8. The number of benzene rings is 2. The summed E-state index contributed by atoms with van der Waals surface area (Å²) in [4.78, 5) is 26.0. The van der Waals surface area contributed by atoms with Crippen molar-refractivity contribution >= 4 is 51.9 Å². The number of para-hydroxylation sites is 1. The third kappa shape index (κ3) is 4.44. The van der Waals surface area contributed by atoms with Gasteiger partial charge < -0.3 is 14.6 Å². The van der Waals surface area contributed by atoms with Crippen molar-refractivity contribution < 1.29 is 24.2 Å². The Labute approximate surface area is 178 Å². The zero-order valence-electron chi connectivity index (χ0n) is 16.0. The Morgan fingerprint density at radius 1 is 1.24 bits per heavy atom. The lowest BCUT2D eigenvalue weighted by atomic mass is 10.1. The number of carboxylic acid groups (broad SMARTS) is 1. The fourth-order valence-electron chi connectivity index (χ4n) is 2.75. The molecule has 1 fully saturated rings. The lowest BCUT2D eigenvalue weighted by molar-refractivity contribution is -0.144. The fraction of sp³-hybridized carbons (Fsp3) is 0.190. The van der Waals surface area contributed by atoms with Crippen molar-refractivity contribution in [3.05, 3.63) is 58.5 Å². The standard InChI is InChI=1S/C21H19NO5S2/c1-12-6-4-5-7-15(12)22-19(23)18(29-21(22)28)11-14-8-9-16(17(10-14)26-3)27-13(2)20(24)25/h4-11,13H,1-3H3,(H,24,25)/b18-11+. The van der Waals surface area contributed by atoms with Crippen molar-refractivity contribution in [2.75, 3.05) is 12.0 Å². The molecular formula is C21H19NO5S2. The normalized spacial score (nSPS) is 16.2. The van der Waals surface area contributed by atoms with Crippen molar-refractivity contribution in [1.82, 2.24) is 0 Å². The van der Waals surface area contributed by atoms with Crippen LogP contribution in [0.2, 0.25) is 0 Å². The number of ether oxygens (including phenoxy) is 2. The molecule has 0 aliphatic carbocycles. The number of aliphatic carboxylic acids is 1. The Morgan fingerprint density at radius 3 is 2.62 bits per heavy atom. The maximum absolute atomic E-state index is 12.9. The monoisotopic (exact) mass is 429 g/mol. The van der Waals surface area contributed by atoms with E-state index in [4.69, 9.17) is 26.8 Å². The van der Waals surface area contributed by atoms with Gasteiger partial charge in [-0.05, 0) is 49.2 Å². The fourth-order valence-corrected chi connectivity index (χ4v) is 4.04. The molecule has 0 radical (unpaired) electrons. The maximum atomic E-state index is 12.9. The van der Waals surface area contributed by atoms with Crippen LogP contribution in [0, 0.1) is 6.92 Å². The Bertz CT molecular complexity index is 1020. The number of carbonyl (C=O) groups is 2. The first-order valence-electron chi connectivity index (χ1n) is 8.73. The van der Waals surface area contributed by atoms with Crippen LogP contribution in [0.15, 0.2) is 47.4 Å².